The Morgan fingerprint density at radius 2 is 1.83 bits per heavy atom. The smallest absolute Gasteiger partial charge is 0.238 e. The summed E-state index contributed by atoms with van der Waals surface area (Å²) in [6, 6.07) is 9.54. The van der Waals surface area contributed by atoms with E-state index in [0.29, 0.717) is 31.0 Å². The van der Waals surface area contributed by atoms with Crippen molar-refractivity contribution >= 4 is 11.8 Å². The number of aromatic nitrogens is 2. The van der Waals surface area contributed by atoms with Gasteiger partial charge in [-0.05, 0) is 12.3 Å². The summed E-state index contributed by atoms with van der Waals surface area (Å²) in [6.07, 6.45) is 1.71. The van der Waals surface area contributed by atoms with Gasteiger partial charge >= 0.3 is 0 Å². The molecule has 2 amide bonds. The van der Waals surface area contributed by atoms with Crippen LogP contribution in [0.3, 0.4) is 0 Å². The number of nitrogens with one attached hydrogen (secondary N) is 2. The molecule has 0 aliphatic heterocycles. The molecule has 0 saturated carbocycles. The molecule has 0 fully saturated rings. The van der Waals surface area contributed by atoms with Crippen LogP contribution in [-0.2, 0) is 16.0 Å². The van der Waals surface area contributed by atoms with Crippen LogP contribution in [0.5, 0.6) is 0 Å². The first kappa shape index (κ1) is 17.7. The molecular weight excluding hydrogens is 308 g/mol. The molecule has 1 aromatic heterocycles. The van der Waals surface area contributed by atoms with E-state index in [9.17, 15) is 9.59 Å². The van der Waals surface area contributed by atoms with E-state index >= 15 is 0 Å². The summed E-state index contributed by atoms with van der Waals surface area (Å²) in [4.78, 5) is 27.4. The Kier molecular flexibility index (Phi) is 6.48. The van der Waals surface area contributed by atoms with Gasteiger partial charge in [0.25, 0.3) is 0 Å². The number of amides is 2. The fraction of sp³-hybridized carbons (Fsp3) is 0.412. The zero-order valence-electron chi connectivity index (χ0n) is 13.9. The Labute approximate surface area is 140 Å². The molecule has 0 radical (unpaired) electrons. The molecular formula is C17H22N4O3. The lowest BCUT2D eigenvalue weighted by Gasteiger charge is -2.08. The van der Waals surface area contributed by atoms with Gasteiger partial charge in [-0.2, -0.15) is 4.98 Å². The van der Waals surface area contributed by atoms with E-state index in [2.05, 4.69) is 21.0 Å². The molecule has 0 saturated heterocycles. The average Bonchev–Trinajstić information content (AvgIpc) is 3.02. The molecule has 128 valence electrons. The Balaban J connectivity index is 1.70. The second-order valence-corrected chi connectivity index (χ2v) is 5.93. The maximum absolute atomic E-state index is 11.7. The number of nitrogens with zero attached hydrogens (tertiary/aromatic N) is 2. The molecule has 24 heavy (non-hydrogen) atoms. The van der Waals surface area contributed by atoms with Gasteiger partial charge in [-0.15, -0.1) is 0 Å². The Bertz CT molecular complexity index is 667. The largest absolute Gasteiger partial charge is 0.339 e. The summed E-state index contributed by atoms with van der Waals surface area (Å²) in [7, 11) is 0. The summed E-state index contributed by atoms with van der Waals surface area (Å²) < 4.78 is 5.18. The van der Waals surface area contributed by atoms with Gasteiger partial charge in [0.2, 0.25) is 23.5 Å². The summed E-state index contributed by atoms with van der Waals surface area (Å²) in [5.41, 5.74) is 5.69. The molecule has 0 aliphatic rings. The van der Waals surface area contributed by atoms with Gasteiger partial charge in [0.1, 0.15) is 0 Å². The van der Waals surface area contributed by atoms with Gasteiger partial charge in [-0.25, -0.2) is 0 Å². The molecule has 0 unspecified atom stereocenters. The minimum atomic E-state index is -0.241. The van der Waals surface area contributed by atoms with Gasteiger partial charge < -0.3 is 4.52 Å². The number of aryl methyl sites for hydroxylation is 1. The van der Waals surface area contributed by atoms with E-state index in [1.807, 2.05) is 44.2 Å². The zero-order valence-corrected chi connectivity index (χ0v) is 13.9. The molecule has 1 aromatic carbocycles. The predicted molar refractivity (Wildman–Crippen MR) is 88.4 cm³/mol. The number of carbonyl (C=O) groups is 2. The quantitative estimate of drug-likeness (QED) is 0.759. The van der Waals surface area contributed by atoms with E-state index in [-0.39, 0.29) is 24.2 Å². The summed E-state index contributed by atoms with van der Waals surface area (Å²) in [5.74, 6) is 0.845. The van der Waals surface area contributed by atoms with Crippen molar-refractivity contribution in [1.82, 2.24) is 21.0 Å². The minimum Gasteiger partial charge on any atom is -0.339 e. The fourth-order valence-corrected chi connectivity index (χ4v) is 2.08. The van der Waals surface area contributed by atoms with Crippen molar-refractivity contribution < 1.29 is 14.1 Å². The third kappa shape index (κ3) is 5.83. The molecule has 0 bridgehead atoms. The van der Waals surface area contributed by atoms with Crippen LogP contribution in [0.4, 0.5) is 0 Å². The highest BCUT2D eigenvalue weighted by molar-refractivity contribution is 5.81. The van der Waals surface area contributed by atoms with Crippen molar-refractivity contribution in [3.8, 4) is 11.4 Å². The highest BCUT2D eigenvalue weighted by atomic mass is 16.5. The Hall–Kier alpha value is -2.70. The van der Waals surface area contributed by atoms with E-state index in [1.54, 1.807) is 0 Å². The van der Waals surface area contributed by atoms with Gasteiger partial charge in [-0.1, -0.05) is 49.3 Å². The predicted octanol–water partition coefficient (Wildman–Crippen LogP) is 2.25. The lowest BCUT2D eigenvalue weighted by Crippen LogP contribution is -2.41. The summed E-state index contributed by atoms with van der Waals surface area (Å²) >= 11 is 0. The number of hydrogen-bond acceptors (Lipinski definition) is 5. The molecule has 0 atom stereocenters. The third-order valence-corrected chi connectivity index (χ3v) is 3.23. The minimum absolute atomic E-state index is 0.192. The van der Waals surface area contributed by atoms with Gasteiger partial charge in [0.05, 0.1) is 0 Å². The van der Waals surface area contributed by atoms with Crippen LogP contribution in [0, 0.1) is 5.92 Å². The number of carbonyl (C=O) groups excluding carboxylic acids is 2. The van der Waals surface area contributed by atoms with E-state index in [0.717, 1.165) is 5.56 Å². The van der Waals surface area contributed by atoms with Crippen LogP contribution in [-0.4, -0.2) is 22.0 Å². The maximum atomic E-state index is 11.7. The number of hydrazine groups is 1. The molecule has 0 aliphatic carbocycles. The molecule has 2 rings (SSSR count). The number of hydrogen-bond donors (Lipinski definition) is 2. The second kappa shape index (κ2) is 8.81. The van der Waals surface area contributed by atoms with Crippen molar-refractivity contribution in [2.45, 2.75) is 39.5 Å². The van der Waals surface area contributed by atoms with Gasteiger partial charge in [-0.3, -0.25) is 20.4 Å². The van der Waals surface area contributed by atoms with Crippen molar-refractivity contribution in [1.29, 1.82) is 0 Å². The zero-order chi connectivity index (χ0) is 17.4. The molecule has 2 N–H and O–H groups in total. The summed E-state index contributed by atoms with van der Waals surface area (Å²) in [5, 5.41) is 3.93. The molecule has 7 nitrogen and oxygen atoms in total. The van der Waals surface area contributed by atoms with Gasteiger partial charge in [0, 0.05) is 24.8 Å². The number of benzene rings is 1. The van der Waals surface area contributed by atoms with E-state index in [1.165, 1.54) is 0 Å². The highest BCUT2D eigenvalue weighted by Crippen LogP contribution is 2.15. The summed E-state index contributed by atoms with van der Waals surface area (Å²) in [6.45, 7) is 3.88. The third-order valence-electron chi connectivity index (χ3n) is 3.23. The first-order valence-corrected chi connectivity index (χ1v) is 8.00. The monoisotopic (exact) mass is 330 g/mol. The first-order chi connectivity index (χ1) is 11.5. The lowest BCUT2D eigenvalue weighted by molar-refractivity contribution is -0.129. The molecule has 2 aromatic rings. The Morgan fingerprint density at radius 1 is 1.12 bits per heavy atom. The second-order valence-electron chi connectivity index (χ2n) is 5.93. The lowest BCUT2D eigenvalue weighted by atomic mass is 10.1. The fourth-order valence-electron chi connectivity index (χ4n) is 2.08. The molecule has 7 heteroatoms. The van der Waals surface area contributed by atoms with Crippen LogP contribution in [0.2, 0.25) is 0 Å². The van der Waals surface area contributed by atoms with Crippen molar-refractivity contribution in [3.63, 3.8) is 0 Å². The maximum Gasteiger partial charge on any atom is 0.238 e. The van der Waals surface area contributed by atoms with Crippen LogP contribution in [0.25, 0.3) is 11.4 Å². The van der Waals surface area contributed by atoms with Crippen LogP contribution in [0.15, 0.2) is 34.9 Å². The normalized spacial score (nSPS) is 10.6. The number of rotatable bonds is 7. The Morgan fingerprint density at radius 3 is 2.54 bits per heavy atom. The highest BCUT2D eigenvalue weighted by Gasteiger charge is 2.10. The van der Waals surface area contributed by atoms with E-state index in [4.69, 9.17) is 4.52 Å². The van der Waals surface area contributed by atoms with Gasteiger partial charge in [0.15, 0.2) is 0 Å². The molecule has 1 heterocycles. The topological polar surface area (TPSA) is 97.1 Å². The van der Waals surface area contributed by atoms with Crippen LogP contribution in [0.1, 0.15) is 39.0 Å². The van der Waals surface area contributed by atoms with Crippen molar-refractivity contribution in [2.24, 2.45) is 5.92 Å². The SMILES string of the molecule is CC(C)CC(=O)NNC(=O)CCCc1nc(-c2ccccc2)no1. The van der Waals surface area contributed by atoms with E-state index < -0.39 is 0 Å². The van der Waals surface area contributed by atoms with Crippen molar-refractivity contribution in [3.05, 3.63) is 36.2 Å². The van der Waals surface area contributed by atoms with Crippen LogP contribution >= 0.6 is 0 Å². The van der Waals surface area contributed by atoms with Crippen molar-refractivity contribution in [2.75, 3.05) is 0 Å². The van der Waals surface area contributed by atoms with Crippen LogP contribution < -0.4 is 10.9 Å². The average molecular weight is 330 g/mol. The standard InChI is InChI=1S/C17H22N4O3/c1-12(2)11-15(23)20-19-14(22)9-6-10-16-18-17(21-24-16)13-7-4-3-5-8-13/h3-5,7-8,12H,6,9-11H2,1-2H3,(H,19,22)(H,20,23). The first-order valence-electron chi connectivity index (χ1n) is 8.00. The molecule has 0 spiro atoms.